The number of nitrogens with zero attached hydrogens (tertiary/aromatic N) is 1. The molecule has 230 valence electrons. The number of benzene rings is 2. The van der Waals surface area contributed by atoms with Crippen LogP contribution in [0.4, 0.5) is 5.69 Å². The first-order chi connectivity index (χ1) is 19.3. The fourth-order valence-corrected chi connectivity index (χ4v) is 8.42. The van der Waals surface area contributed by atoms with Gasteiger partial charge in [0.2, 0.25) is 0 Å². The Kier molecular flexibility index (Phi) is 8.88. The Hall–Kier alpha value is -2.54. The van der Waals surface area contributed by atoms with Crippen LogP contribution in [0.1, 0.15) is 19.1 Å². The fraction of sp³-hybridized carbons (Fsp3) is 0.263. The molecule has 1 aliphatic rings. The summed E-state index contributed by atoms with van der Waals surface area (Å²) in [5.41, 5.74) is -1.85. The SMILES string of the molecule is O=c1ccn([C@H]2CC[C@@](O)(COP(=O)(O)OP(=O)(O)OP(=O)(O)Nc3cccc4c(S(=O)(=O)O)cccc34)O2)c(=O)[nH]1. The molecule has 0 radical (unpaired) electrons. The standard InChI is InChI=1S/C19H22N3O16P3S/c23-16-8-10-22(18(24)20-16)17-7-9-19(25,36-17)11-35-40(28,29)38-41(30,31)37-39(26,27)21-14-5-1-4-13-12(14)3-2-6-15(13)42(32,33)34/h1-6,8,10,17,25H,7,9,11H2,(H,28,29)(H,30,31)(H,20,23,24)(H2,21,26,27)(H,32,33,34)/t17-,19+/m1/s1. The Morgan fingerprint density at radius 3 is 2.36 bits per heavy atom. The summed E-state index contributed by atoms with van der Waals surface area (Å²) in [6.07, 6.45) is -0.326. The molecule has 23 heteroatoms. The van der Waals surface area contributed by atoms with E-state index in [4.69, 9.17) is 4.74 Å². The molecular weight excluding hydrogens is 651 g/mol. The molecule has 1 aliphatic heterocycles. The maximum absolute atomic E-state index is 12.6. The molecule has 0 amide bonds. The number of phosphoric ester groups is 1. The Balaban J connectivity index is 1.41. The summed E-state index contributed by atoms with van der Waals surface area (Å²) < 4.78 is 88.7. The van der Waals surface area contributed by atoms with Gasteiger partial charge in [0, 0.05) is 29.5 Å². The van der Waals surface area contributed by atoms with Crippen molar-refractivity contribution in [3.8, 4) is 0 Å². The number of anilines is 1. The second-order valence-corrected chi connectivity index (χ2v) is 14.8. The third-order valence-corrected chi connectivity index (χ3v) is 10.8. The molecule has 0 saturated carbocycles. The molecular formula is C19H22N3O16P3S. The number of phosphoric acid groups is 2. The molecule has 4 rings (SSSR count). The van der Waals surface area contributed by atoms with Gasteiger partial charge in [-0.25, -0.2) is 18.5 Å². The first kappa shape index (κ1) is 32.4. The van der Waals surface area contributed by atoms with Crippen LogP contribution in [-0.4, -0.2) is 54.7 Å². The van der Waals surface area contributed by atoms with Gasteiger partial charge in [-0.1, -0.05) is 24.3 Å². The van der Waals surface area contributed by atoms with Crippen molar-refractivity contribution in [2.75, 3.05) is 11.7 Å². The summed E-state index contributed by atoms with van der Waals surface area (Å²) in [6, 6.07) is 8.18. The zero-order valence-electron chi connectivity index (χ0n) is 20.7. The summed E-state index contributed by atoms with van der Waals surface area (Å²) in [7, 11) is -21.6. The number of nitrogens with one attached hydrogen (secondary N) is 2. The Morgan fingerprint density at radius 2 is 1.69 bits per heavy atom. The topological polar surface area (TPSA) is 290 Å². The van der Waals surface area contributed by atoms with E-state index in [1.54, 1.807) is 0 Å². The normalized spacial score (nSPS) is 23.6. The molecule has 3 aromatic rings. The number of H-pyrrole nitrogens is 1. The first-order valence-electron chi connectivity index (χ1n) is 11.3. The monoisotopic (exact) mass is 673 g/mol. The zero-order chi connectivity index (χ0) is 31.1. The van der Waals surface area contributed by atoms with Crippen molar-refractivity contribution in [1.82, 2.24) is 9.55 Å². The molecule has 0 bridgehead atoms. The number of hydrogen-bond acceptors (Lipinski definition) is 12. The lowest BCUT2D eigenvalue weighted by atomic mass is 10.1. The summed E-state index contributed by atoms with van der Waals surface area (Å²) in [4.78, 5) is 54.5. The van der Waals surface area contributed by atoms with Crippen molar-refractivity contribution >= 4 is 50.0 Å². The lowest BCUT2D eigenvalue weighted by molar-refractivity contribution is -0.223. The number of ether oxygens (including phenoxy) is 1. The molecule has 19 nitrogen and oxygen atoms in total. The van der Waals surface area contributed by atoms with Crippen molar-refractivity contribution in [2.45, 2.75) is 29.8 Å². The summed E-state index contributed by atoms with van der Waals surface area (Å²) >= 11 is 0. The van der Waals surface area contributed by atoms with Crippen molar-refractivity contribution in [1.29, 1.82) is 0 Å². The minimum absolute atomic E-state index is 0.0245. The van der Waals surface area contributed by atoms with Crippen molar-refractivity contribution < 1.29 is 64.3 Å². The summed E-state index contributed by atoms with van der Waals surface area (Å²) in [5, 5.41) is 12.2. The van der Waals surface area contributed by atoms with Gasteiger partial charge in [0.05, 0.1) is 5.69 Å². The van der Waals surface area contributed by atoms with Gasteiger partial charge in [-0.2, -0.15) is 17.0 Å². The zero-order valence-corrected chi connectivity index (χ0v) is 24.2. The third kappa shape index (κ3) is 7.89. The predicted octanol–water partition coefficient (Wildman–Crippen LogP) is 1.40. The lowest BCUT2D eigenvalue weighted by Gasteiger charge is -2.25. The average Bonchev–Trinajstić information content (AvgIpc) is 3.22. The summed E-state index contributed by atoms with van der Waals surface area (Å²) in [5.74, 6) is -2.30. The largest absolute Gasteiger partial charge is 0.489 e. The highest BCUT2D eigenvalue weighted by Crippen LogP contribution is 2.67. The van der Waals surface area contributed by atoms with Gasteiger partial charge < -0.3 is 24.5 Å². The van der Waals surface area contributed by atoms with Crippen LogP contribution in [0.15, 0.2) is 63.1 Å². The maximum atomic E-state index is 12.6. The highest BCUT2D eigenvalue weighted by Gasteiger charge is 2.45. The molecule has 2 heterocycles. The third-order valence-electron chi connectivity index (χ3n) is 5.59. The van der Waals surface area contributed by atoms with Gasteiger partial charge in [-0.05, 0) is 18.6 Å². The molecule has 42 heavy (non-hydrogen) atoms. The van der Waals surface area contributed by atoms with Crippen LogP contribution in [0.2, 0.25) is 0 Å². The van der Waals surface area contributed by atoms with E-state index < -0.39 is 68.3 Å². The number of aromatic nitrogens is 2. The molecule has 1 saturated heterocycles. The number of hydrogen-bond donors (Lipinski definition) is 7. The van der Waals surface area contributed by atoms with E-state index in [1.807, 2.05) is 10.1 Å². The second-order valence-electron chi connectivity index (χ2n) is 8.71. The van der Waals surface area contributed by atoms with Gasteiger partial charge in [0.1, 0.15) is 17.7 Å². The van der Waals surface area contributed by atoms with Gasteiger partial charge in [-0.3, -0.25) is 28.5 Å². The predicted molar refractivity (Wildman–Crippen MR) is 141 cm³/mol. The minimum Gasteiger partial charge on any atom is -0.364 e. The Labute approximate surface area is 234 Å². The number of aromatic amines is 1. The van der Waals surface area contributed by atoms with Crippen molar-refractivity contribution in [3.05, 3.63) is 69.5 Å². The molecule has 7 N–H and O–H groups in total. The maximum Gasteiger partial charge on any atom is 0.489 e. The van der Waals surface area contributed by atoms with Crippen LogP contribution in [0.25, 0.3) is 10.8 Å². The molecule has 1 fully saturated rings. The molecule has 0 spiro atoms. The van der Waals surface area contributed by atoms with Crippen LogP contribution >= 0.6 is 23.4 Å². The Bertz CT molecular complexity index is 1890. The van der Waals surface area contributed by atoms with Crippen LogP contribution in [0, 0.1) is 0 Å². The molecule has 0 aliphatic carbocycles. The molecule has 1 aromatic heterocycles. The fourth-order valence-electron chi connectivity index (χ4n) is 3.94. The highest BCUT2D eigenvalue weighted by atomic mass is 32.2. The average molecular weight is 673 g/mol. The van der Waals surface area contributed by atoms with E-state index in [0.29, 0.717) is 0 Å². The van der Waals surface area contributed by atoms with Crippen LogP contribution in [0.3, 0.4) is 0 Å². The van der Waals surface area contributed by atoms with Crippen LogP contribution in [0.5, 0.6) is 0 Å². The highest BCUT2D eigenvalue weighted by molar-refractivity contribution is 7.86. The molecule has 3 unspecified atom stereocenters. The van der Waals surface area contributed by atoms with Crippen molar-refractivity contribution in [3.63, 3.8) is 0 Å². The summed E-state index contributed by atoms with van der Waals surface area (Å²) in [6.45, 7) is -1.14. The van der Waals surface area contributed by atoms with Crippen molar-refractivity contribution in [2.24, 2.45) is 0 Å². The molecule has 2 aromatic carbocycles. The smallest absolute Gasteiger partial charge is 0.364 e. The van der Waals surface area contributed by atoms with Gasteiger partial charge in [0.25, 0.3) is 15.7 Å². The number of rotatable bonds is 11. The van der Waals surface area contributed by atoms with E-state index >= 15 is 0 Å². The van der Waals surface area contributed by atoms with E-state index in [-0.39, 0.29) is 29.3 Å². The van der Waals surface area contributed by atoms with Crippen LogP contribution in [-0.2, 0) is 41.7 Å². The first-order valence-corrected chi connectivity index (χ1v) is 17.3. The van der Waals surface area contributed by atoms with Gasteiger partial charge >= 0.3 is 29.1 Å². The van der Waals surface area contributed by atoms with E-state index in [9.17, 15) is 56.0 Å². The Morgan fingerprint density at radius 1 is 1.02 bits per heavy atom. The van der Waals surface area contributed by atoms with Gasteiger partial charge in [0.15, 0.2) is 5.79 Å². The number of aliphatic hydroxyl groups is 1. The van der Waals surface area contributed by atoms with E-state index in [2.05, 4.69) is 13.1 Å². The second kappa shape index (κ2) is 11.5. The number of fused-ring (bicyclic) bond motifs is 1. The van der Waals surface area contributed by atoms with E-state index in [1.165, 1.54) is 24.3 Å². The van der Waals surface area contributed by atoms with Gasteiger partial charge in [-0.15, -0.1) is 0 Å². The lowest BCUT2D eigenvalue weighted by Crippen LogP contribution is -2.36. The molecule has 5 atom stereocenters. The van der Waals surface area contributed by atoms with E-state index in [0.717, 1.165) is 29.0 Å². The minimum atomic E-state index is -5.87. The van der Waals surface area contributed by atoms with Crippen LogP contribution < -0.4 is 16.3 Å². The quantitative estimate of drug-likeness (QED) is 0.112.